The van der Waals surface area contributed by atoms with E-state index in [0.29, 0.717) is 17.0 Å². The quantitative estimate of drug-likeness (QED) is 0.867. The normalized spacial score (nSPS) is 20.7. The van der Waals surface area contributed by atoms with Gasteiger partial charge in [0.25, 0.3) is 0 Å². The number of hydrogen-bond acceptors (Lipinski definition) is 3. The summed E-state index contributed by atoms with van der Waals surface area (Å²) in [5.74, 6) is -0.0138. The molecule has 3 nitrogen and oxygen atoms in total. The van der Waals surface area contributed by atoms with Gasteiger partial charge in [0.15, 0.2) is 0 Å². The lowest BCUT2D eigenvalue weighted by Crippen LogP contribution is -2.41. The highest BCUT2D eigenvalue weighted by molar-refractivity contribution is 7.10. The Kier molecular flexibility index (Phi) is 4.33. The molecule has 1 N–H and O–H groups in total. The molecule has 0 bridgehead atoms. The maximum atomic E-state index is 13.8. The minimum absolute atomic E-state index is 0.142. The monoisotopic (exact) mass is 364 g/mol. The zero-order valence-corrected chi connectivity index (χ0v) is 14.7. The van der Waals surface area contributed by atoms with E-state index in [9.17, 15) is 9.18 Å². The smallest absolute Gasteiger partial charge is 0.238 e. The second kappa shape index (κ2) is 6.47. The minimum atomic E-state index is -0.467. The highest BCUT2D eigenvalue weighted by atomic mass is 35.5. The molecule has 1 aromatic heterocycles. The van der Waals surface area contributed by atoms with Gasteiger partial charge in [-0.1, -0.05) is 11.6 Å². The first-order valence-corrected chi connectivity index (χ1v) is 9.43. The molecule has 1 atom stereocenters. The van der Waals surface area contributed by atoms with Gasteiger partial charge in [-0.15, -0.1) is 11.3 Å². The molecule has 1 fully saturated rings. The molecule has 1 amide bonds. The summed E-state index contributed by atoms with van der Waals surface area (Å²) in [4.78, 5) is 16.1. The maximum Gasteiger partial charge on any atom is 0.238 e. The van der Waals surface area contributed by atoms with Crippen LogP contribution < -0.4 is 5.32 Å². The van der Waals surface area contributed by atoms with E-state index < -0.39 is 5.82 Å². The number of amides is 1. The Morgan fingerprint density at radius 3 is 3.00 bits per heavy atom. The van der Waals surface area contributed by atoms with Crippen molar-refractivity contribution in [3.8, 4) is 0 Å². The van der Waals surface area contributed by atoms with Crippen molar-refractivity contribution in [3.63, 3.8) is 0 Å². The Morgan fingerprint density at radius 1 is 1.38 bits per heavy atom. The fraction of sp³-hybridized carbons (Fsp3) is 0.389. The van der Waals surface area contributed by atoms with Gasteiger partial charge in [0.05, 0.1) is 12.2 Å². The number of carbonyl (C=O) groups is 1. The van der Waals surface area contributed by atoms with Crippen molar-refractivity contribution in [1.82, 2.24) is 4.90 Å². The molecule has 1 aliphatic carbocycles. The molecular formula is C18H18ClFN2OS. The van der Waals surface area contributed by atoms with Crippen LogP contribution in [0.1, 0.15) is 29.3 Å². The molecule has 2 aromatic rings. The average Bonchev–Trinajstić information content (AvgIpc) is 3.27. The summed E-state index contributed by atoms with van der Waals surface area (Å²) in [6, 6.07) is 6.71. The van der Waals surface area contributed by atoms with Crippen LogP contribution in [0.4, 0.5) is 10.1 Å². The molecule has 4 rings (SSSR count). The predicted octanol–water partition coefficient (Wildman–Crippen LogP) is 4.49. The third kappa shape index (κ3) is 3.21. The van der Waals surface area contributed by atoms with Crippen LogP contribution >= 0.6 is 22.9 Å². The number of halogens is 2. The molecular weight excluding hydrogens is 347 g/mol. The van der Waals surface area contributed by atoms with E-state index in [2.05, 4.69) is 21.7 Å². The molecule has 1 aliphatic heterocycles. The van der Waals surface area contributed by atoms with E-state index >= 15 is 0 Å². The topological polar surface area (TPSA) is 32.3 Å². The summed E-state index contributed by atoms with van der Waals surface area (Å²) in [6.45, 7) is 1.16. The number of nitrogens with zero attached hydrogens (tertiary/aromatic N) is 1. The van der Waals surface area contributed by atoms with Gasteiger partial charge in [-0.25, -0.2) is 4.39 Å². The van der Waals surface area contributed by atoms with Gasteiger partial charge in [-0.3, -0.25) is 9.69 Å². The highest BCUT2D eigenvalue weighted by Crippen LogP contribution is 2.48. The Balaban J connectivity index is 1.48. The van der Waals surface area contributed by atoms with Crippen molar-refractivity contribution in [2.45, 2.75) is 25.3 Å². The van der Waals surface area contributed by atoms with Gasteiger partial charge in [-0.05, 0) is 60.4 Å². The third-order valence-electron chi connectivity index (χ3n) is 4.74. The standard InChI is InChI=1S/C18H18ClFN2OS/c19-12-3-4-14(20)15(9-12)21-17(23)10-22-7-5-16-13(6-8-24-16)18(22)11-1-2-11/h3-4,6,8-9,11,18H,1-2,5,7,10H2,(H,21,23)/t18-/m1/s1. The molecule has 1 aromatic carbocycles. The zero-order valence-electron chi connectivity index (χ0n) is 13.1. The van der Waals surface area contributed by atoms with Crippen LogP contribution in [0.15, 0.2) is 29.6 Å². The molecule has 0 unspecified atom stereocenters. The van der Waals surface area contributed by atoms with E-state index in [1.165, 1.54) is 41.5 Å². The molecule has 24 heavy (non-hydrogen) atoms. The highest BCUT2D eigenvalue weighted by Gasteiger charge is 2.40. The molecule has 0 spiro atoms. The molecule has 1 saturated carbocycles. The second-order valence-corrected chi connectivity index (χ2v) is 7.91. The number of carbonyl (C=O) groups excluding carboxylic acids is 1. The van der Waals surface area contributed by atoms with Crippen molar-refractivity contribution in [3.05, 3.63) is 50.9 Å². The predicted molar refractivity (Wildman–Crippen MR) is 95.1 cm³/mol. The fourth-order valence-electron chi connectivity index (χ4n) is 3.51. The Bertz CT molecular complexity index is 774. The first-order valence-electron chi connectivity index (χ1n) is 8.17. The number of fused-ring (bicyclic) bond motifs is 1. The number of benzene rings is 1. The Morgan fingerprint density at radius 2 is 2.21 bits per heavy atom. The van der Waals surface area contributed by atoms with Crippen LogP contribution in [0, 0.1) is 11.7 Å². The van der Waals surface area contributed by atoms with Crippen molar-refractivity contribution in [2.75, 3.05) is 18.4 Å². The summed E-state index contributed by atoms with van der Waals surface area (Å²) in [5.41, 5.74) is 1.53. The average molecular weight is 365 g/mol. The molecule has 0 radical (unpaired) electrons. The summed E-state index contributed by atoms with van der Waals surface area (Å²) >= 11 is 7.69. The Labute approximate surface area is 149 Å². The first-order chi connectivity index (χ1) is 11.6. The van der Waals surface area contributed by atoms with Gasteiger partial charge in [0, 0.05) is 22.5 Å². The van der Waals surface area contributed by atoms with Crippen LogP contribution in [0.5, 0.6) is 0 Å². The van der Waals surface area contributed by atoms with E-state index in [1.807, 2.05) is 11.3 Å². The maximum absolute atomic E-state index is 13.8. The molecule has 6 heteroatoms. The van der Waals surface area contributed by atoms with Crippen molar-refractivity contribution in [1.29, 1.82) is 0 Å². The van der Waals surface area contributed by atoms with Gasteiger partial charge >= 0.3 is 0 Å². The Hall–Kier alpha value is -1.43. The summed E-state index contributed by atoms with van der Waals surface area (Å²) in [5, 5.41) is 5.21. The number of anilines is 1. The summed E-state index contributed by atoms with van der Waals surface area (Å²) in [7, 11) is 0. The number of hydrogen-bond donors (Lipinski definition) is 1. The molecule has 0 saturated heterocycles. The van der Waals surface area contributed by atoms with Gasteiger partial charge in [0.1, 0.15) is 5.82 Å². The minimum Gasteiger partial charge on any atom is -0.322 e. The van der Waals surface area contributed by atoms with Crippen LogP contribution in [0.2, 0.25) is 5.02 Å². The lowest BCUT2D eigenvalue weighted by atomic mass is 9.96. The van der Waals surface area contributed by atoms with E-state index in [-0.39, 0.29) is 18.1 Å². The van der Waals surface area contributed by atoms with Crippen LogP contribution in [-0.2, 0) is 11.2 Å². The number of nitrogens with one attached hydrogen (secondary N) is 1. The van der Waals surface area contributed by atoms with E-state index in [4.69, 9.17) is 11.6 Å². The van der Waals surface area contributed by atoms with Crippen LogP contribution in [-0.4, -0.2) is 23.9 Å². The van der Waals surface area contributed by atoms with E-state index in [1.54, 1.807) is 0 Å². The zero-order chi connectivity index (χ0) is 16.7. The van der Waals surface area contributed by atoms with Crippen LogP contribution in [0.25, 0.3) is 0 Å². The van der Waals surface area contributed by atoms with Gasteiger partial charge in [-0.2, -0.15) is 0 Å². The van der Waals surface area contributed by atoms with Gasteiger partial charge < -0.3 is 5.32 Å². The molecule has 2 heterocycles. The third-order valence-corrected chi connectivity index (χ3v) is 5.97. The molecule has 2 aliphatic rings. The number of thiophene rings is 1. The van der Waals surface area contributed by atoms with Crippen LogP contribution in [0.3, 0.4) is 0 Å². The second-order valence-electron chi connectivity index (χ2n) is 6.47. The van der Waals surface area contributed by atoms with Crippen molar-refractivity contribution >= 4 is 34.5 Å². The summed E-state index contributed by atoms with van der Waals surface area (Å²) in [6.07, 6.45) is 3.43. The number of rotatable bonds is 4. The van der Waals surface area contributed by atoms with Crippen molar-refractivity contribution in [2.24, 2.45) is 5.92 Å². The lowest BCUT2D eigenvalue weighted by molar-refractivity contribution is -0.118. The van der Waals surface area contributed by atoms with Crippen molar-refractivity contribution < 1.29 is 9.18 Å². The fourth-order valence-corrected chi connectivity index (χ4v) is 4.59. The summed E-state index contributed by atoms with van der Waals surface area (Å²) < 4.78 is 13.8. The largest absolute Gasteiger partial charge is 0.322 e. The SMILES string of the molecule is O=C(CN1CCc2sccc2[C@H]1C1CC1)Nc1cc(Cl)ccc1F. The van der Waals surface area contributed by atoms with E-state index in [0.717, 1.165) is 13.0 Å². The first kappa shape index (κ1) is 16.1. The van der Waals surface area contributed by atoms with Gasteiger partial charge in [0.2, 0.25) is 5.91 Å². The lowest BCUT2D eigenvalue weighted by Gasteiger charge is -2.35. The molecule has 126 valence electrons.